The molecule has 3 heteroatoms. The number of oxime groups is 1. The molecule has 1 heterocycles. The second-order valence-electron chi connectivity index (χ2n) is 4.61. The number of likely N-dealkylation sites (tertiary alicyclic amines) is 1. The lowest BCUT2D eigenvalue weighted by atomic mass is 10.1. The maximum absolute atomic E-state index is 9.13. The van der Waals surface area contributed by atoms with Crippen molar-refractivity contribution in [2.45, 2.75) is 25.3 Å². The van der Waals surface area contributed by atoms with E-state index in [4.69, 9.17) is 5.21 Å². The monoisotopic (exact) mass is 216 g/mol. The van der Waals surface area contributed by atoms with Gasteiger partial charge in [-0.25, -0.2) is 0 Å². The lowest BCUT2D eigenvalue weighted by Crippen LogP contribution is -2.29. The fourth-order valence-electron chi connectivity index (χ4n) is 2.93. The zero-order valence-electron chi connectivity index (χ0n) is 9.26. The van der Waals surface area contributed by atoms with E-state index in [9.17, 15) is 0 Å². The van der Waals surface area contributed by atoms with E-state index >= 15 is 0 Å². The molecule has 1 aliphatic heterocycles. The molecule has 1 aromatic carbocycles. The van der Waals surface area contributed by atoms with Gasteiger partial charge in [-0.15, -0.1) is 0 Å². The zero-order valence-corrected chi connectivity index (χ0v) is 9.26. The maximum atomic E-state index is 9.13. The van der Waals surface area contributed by atoms with Gasteiger partial charge in [0.1, 0.15) is 0 Å². The number of rotatable bonds is 1. The Morgan fingerprint density at radius 1 is 1.19 bits per heavy atom. The number of nitrogens with zero attached hydrogens (tertiary/aromatic N) is 2. The third-order valence-electron chi connectivity index (χ3n) is 3.67. The molecule has 0 saturated carbocycles. The molecule has 0 amide bonds. The first kappa shape index (κ1) is 9.85. The van der Waals surface area contributed by atoms with E-state index in [1.54, 1.807) is 0 Å². The maximum Gasteiger partial charge on any atom is 0.0831 e. The molecule has 1 N–H and O–H groups in total. The van der Waals surface area contributed by atoms with Gasteiger partial charge in [0.25, 0.3) is 0 Å². The summed E-state index contributed by atoms with van der Waals surface area (Å²) < 4.78 is 0. The predicted molar refractivity (Wildman–Crippen MR) is 62.9 cm³/mol. The van der Waals surface area contributed by atoms with Crippen molar-refractivity contribution in [2.75, 3.05) is 13.1 Å². The van der Waals surface area contributed by atoms with Crippen LogP contribution in [0.5, 0.6) is 0 Å². The van der Waals surface area contributed by atoms with E-state index in [-0.39, 0.29) is 6.04 Å². The molecular weight excluding hydrogens is 200 g/mol. The van der Waals surface area contributed by atoms with E-state index in [0.29, 0.717) is 0 Å². The Hall–Kier alpha value is -1.35. The fraction of sp³-hybridized carbons (Fsp3) is 0.462. The van der Waals surface area contributed by atoms with Gasteiger partial charge < -0.3 is 5.21 Å². The third-order valence-corrected chi connectivity index (χ3v) is 3.67. The molecule has 1 atom stereocenters. The topological polar surface area (TPSA) is 35.8 Å². The summed E-state index contributed by atoms with van der Waals surface area (Å²) in [5, 5.41) is 12.6. The van der Waals surface area contributed by atoms with Crippen LogP contribution >= 0.6 is 0 Å². The summed E-state index contributed by atoms with van der Waals surface area (Å²) in [5.74, 6) is 0. The molecular formula is C13H16N2O. The summed E-state index contributed by atoms with van der Waals surface area (Å²) >= 11 is 0. The summed E-state index contributed by atoms with van der Waals surface area (Å²) in [6.45, 7) is 2.25. The van der Waals surface area contributed by atoms with Gasteiger partial charge in [-0.05, 0) is 37.1 Å². The van der Waals surface area contributed by atoms with E-state index in [1.165, 1.54) is 24.0 Å². The van der Waals surface area contributed by atoms with Crippen LogP contribution in [0.15, 0.2) is 29.4 Å². The summed E-state index contributed by atoms with van der Waals surface area (Å²) in [5.41, 5.74) is 3.55. The number of hydrogen-bond donors (Lipinski definition) is 1. The average Bonchev–Trinajstić information content (AvgIpc) is 2.94. The van der Waals surface area contributed by atoms with Crippen molar-refractivity contribution in [3.05, 3.63) is 35.4 Å². The molecule has 0 bridgehead atoms. The molecule has 0 unspecified atom stereocenters. The van der Waals surface area contributed by atoms with Crippen LogP contribution in [0.2, 0.25) is 0 Å². The third kappa shape index (κ3) is 1.43. The highest BCUT2D eigenvalue weighted by atomic mass is 16.4. The standard InChI is InChI=1S/C13H16N2O/c16-14-12-9-10-5-1-2-6-11(10)13(12)15-7-3-4-8-15/h1-2,5-6,13,16H,3-4,7-9H2/b14-12+/t13-/m1/s1. The molecule has 84 valence electrons. The Labute approximate surface area is 95.4 Å². The minimum Gasteiger partial charge on any atom is -0.411 e. The van der Waals surface area contributed by atoms with Crippen LogP contribution in [0.25, 0.3) is 0 Å². The highest BCUT2D eigenvalue weighted by Crippen LogP contribution is 2.35. The smallest absolute Gasteiger partial charge is 0.0831 e. The van der Waals surface area contributed by atoms with Crippen LogP contribution in [0.4, 0.5) is 0 Å². The van der Waals surface area contributed by atoms with Crippen LogP contribution < -0.4 is 0 Å². The van der Waals surface area contributed by atoms with Crippen molar-refractivity contribution in [2.24, 2.45) is 5.16 Å². The van der Waals surface area contributed by atoms with Crippen LogP contribution in [-0.4, -0.2) is 28.9 Å². The van der Waals surface area contributed by atoms with E-state index in [0.717, 1.165) is 25.2 Å². The Kier molecular flexibility index (Phi) is 2.40. The molecule has 1 fully saturated rings. The van der Waals surface area contributed by atoms with Crippen LogP contribution in [0.1, 0.15) is 30.0 Å². The van der Waals surface area contributed by atoms with Gasteiger partial charge in [0.05, 0.1) is 11.8 Å². The molecule has 1 aromatic rings. The van der Waals surface area contributed by atoms with Gasteiger partial charge in [-0.1, -0.05) is 29.4 Å². The summed E-state index contributed by atoms with van der Waals surface area (Å²) in [6.07, 6.45) is 3.32. The van der Waals surface area contributed by atoms with Gasteiger partial charge in [0.2, 0.25) is 0 Å². The van der Waals surface area contributed by atoms with Gasteiger partial charge in [-0.3, -0.25) is 4.90 Å². The summed E-state index contributed by atoms with van der Waals surface area (Å²) in [6, 6.07) is 8.65. The largest absolute Gasteiger partial charge is 0.411 e. The summed E-state index contributed by atoms with van der Waals surface area (Å²) in [4.78, 5) is 2.43. The molecule has 3 rings (SSSR count). The molecule has 0 radical (unpaired) electrons. The van der Waals surface area contributed by atoms with Gasteiger partial charge in [-0.2, -0.15) is 0 Å². The lowest BCUT2D eigenvalue weighted by Gasteiger charge is -2.24. The average molecular weight is 216 g/mol. The Morgan fingerprint density at radius 2 is 1.94 bits per heavy atom. The van der Waals surface area contributed by atoms with E-state index < -0.39 is 0 Å². The second kappa shape index (κ2) is 3.91. The Morgan fingerprint density at radius 3 is 2.69 bits per heavy atom. The number of hydrogen-bond acceptors (Lipinski definition) is 3. The van der Waals surface area contributed by atoms with Crippen LogP contribution in [-0.2, 0) is 6.42 Å². The van der Waals surface area contributed by atoms with Crippen molar-refractivity contribution in [3.63, 3.8) is 0 Å². The van der Waals surface area contributed by atoms with Gasteiger partial charge >= 0.3 is 0 Å². The van der Waals surface area contributed by atoms with Crippen LogP contribution in [0, 0.1) is 0 Å². The molecule has 0 spiro atoms. The van der Waals surface area contributed by atoms with E-state index in [1.807, 2.05) is 0 Å². The van der Waals surface area contributed by atoms with Crippen molar-refractivity contribution in [3.8, 4) is 0 Å². The first-order chi connectivity index (χ1) is 7.90. The van der Waals surface area contributed by atoms with Crippen LogP contribution in [0.3, 0.4) is 0 Å². The Bertz CT molecular complexity index is 422. The van der Waals surface area contributed by atoms with Crippen molar-refractivity contribution >= 4 is 5.71 Å². The predicted octanol–water partition coefficient (Wildman–Crippen LogP) is 2.21. The minimum absolute atomic E-state index is 0.226. The molecule has 16 heavy (non-hydrogen) atoms. The molecule has 2 aliphatic rings. The fourth-order valence-corrected chi connectivity index (χ4v) is 2.93. The Balaban J connectivity index is 2.00. The first-order valence-corrected chi connectivity index (χ1v) is 5.93. The van der Waals surface area contributed by atoms with Gasteiger partial charge in [0, 0.05) is 6.42 Å². The quantitative estimate of drug-likeness (QED) is 0.577. The van der Waals surface area contributed by atoms with Crippen molar-refractivity contribution in [1.82, 2.24) is 4.90 Å². The second-order valence-corrected chi connectivity index (χ2v) is 4.61. The van der Waals surface area contributed by atoms with Gasteiger partial charge in [0.15, 0.2) is 0 Å². The minimum atomic E-state index is 0.226. The normalized spacial score (nSPS) is 27.5. The highest BCUT2D eigenvalue weighted by Gasteiger charge is 2.34. The SMILES string of the molecule is O/N=C1\Cc2ccccc2[C@H]1N1CCCC1. The number of fused-ring (bicyclic) bond motifs is 1. The molecule has 1 aliphatic carbocycles. The van der Waals surface area contributed by atoms with Crippen molar-refractivity contribution < 1.29 is 5.21 Å². The lowest BCUT2D eigenvalue weighted by molar-refractivity contribution is 0.282. The number of benzene rings is 1. The highest BCUT2D eigenvalue weighted by molar-refractivity contribution is 5.96. The first-order valence-electron chi connectivity index (χ1n) is 5.93. The molecule has 3 nitrogen and oxygen atoms in total. The molecule has 1 saturated heterocycles. The van der Waals surface area contributed by atoms with E-state index in [2.05, 4.69) is 34.3 Å². The molecule has 0 aromatic heterocycles. The zero-order chi connectivity index (χ0) is 11.0. The van der Waals surface area contributed by atoms with Crippen molar-refractivity contribution in [1.29, 1.82) is 0 Å². The summed E-state index contributed by atoms with van der Waals surface area (Å²) in [7, 11) is 0.